The number of carbonyl (C=O) groups is 2. The Hall–Kier alpha value is -2.20. The smallest absolute Gasteiger partial charge is 0.303 e. The van der Waals surface area contributed by atoms with Crippen LogP contribution >= 0.6 is 23.2 Å². The average Bonchev–Trinajstić information content (AvgIpc) is 2.58. The lowest BCUT2D eigenvalue weighted by Gasteiger charge is -2.13. The largest absolute Gasteiger partial charge is 0.459 e. The molecule has 0 aliphatic rings. The molecule has 1 unspecified atom stereocenters. The van der Waals surface area contributed by atoms with E-state index in [1.54, 1.807) is 0 Å². The first-order valence-corrected chi connectivity index (χ1v) is 10.2. The fourth-order valence-electron chi connectivity index (χ4n) is 2.13. The summed E-state index contributed by atoms with van der Waals surface area (Å²) in [7, 11) is -4.17. The van der Waals surface area contributed by atoms with Crippen molar-refractivity contribution in [3.8, 4) is 0 Å². The van der Waals surface area contributed by atoms with E-state index in [1.165, 1.54) is 37.3 Å². The number of carbonyl (C=O) groups excluding carboxylic acids is 2. The Kier molecular flexibility index (Phi) is 7.36. The van der Waals surface area contributed by atoms with E-state index >= 15 is 0 Å². The minimum atomic E-state index is -4.17. The highest BCUT2D eigenvalue weighted by Gasteiger charge is 2.22. The molecule has 1 aromatic heterocycles. The van der Waals surface area contributed by atoms with E-state index in [0.29, 0.717) is 5.69 Å². The van der Waals surface area contributed by atoms with Crippen molar-refractivity contribution in [2.45, 2.75) is 19.6 Å². The minimum Gasteiger partial charge on any atom is -0.459 e. The molecule has 0 fully saturated rings. The van der Waals surface area contributed by atoms with Gasteiger partial charge < -0.3 is 9.84 Å². The van der Waals surface area contributed by atoms with Gasteiger partial charge in [0.15, 0.2) is 0 Å². The lowest BCUT2D eigenvalue weighted by molar-refractivity contribution is -0.142. The maximum Gasteiger partial charge on any atom is 0.303 e. The van der Waals surface area contributed by atoms with E-state index < -0.39 is 33.8 Å². The molecule has 1 atom stereocenters. The maximum atomic E-state index is 12.2. The number of aromatic nitrogens is 1. The summed E-state index contributed by atoms with van der Waals surface area (Å²) in [5.41, 5.74) is 0.574. The molecule has 1 heterocycles. The summed E-state index contributed by atoms with van der Waals surface area (Å²) < 4.78 is 31.0. The lowest BCUT2D eigenvalue weighted by atomic mass is 10.1. The molecule has 1 amide bonds. The third-order valence-electron chi connectivity index (χ3n) is 3.41. The Morgan fingerprint density at radius 2 is 1.86 bits per heavy atom. The van der Waals surface area contributed by atoms with Gasteiger partial charge in [-0.05, 0) is 35.9 Å². The molecule has 11 heteroatoms. The molecule has 0 saturated heterocycles. The Morgan fingerprint density at radius 1 is 1.21 bits per heavy atom. The summed E-state index contributed by atoms with van der Waals surface area (Å²) in [4.78, 5) is 26.8. The van der Waals surface area contributed by atoms with Gasteiger partial charge in [-0.2, -0.15) is 0 Å². The molecule has 150 valence electrons. The van der Waals surface area contributed by atoms with Gasteiger partial charge in [0.2, 0.25) is 10.0 Å². The van der Waals surface area contributed by atoms with E-state index in [9.17, 15) is 23.1 Å². The highest BCUT2D eigenvalue weighted by molar-refractivity contribution is 7.90. The molecule has 0 saturated carbocycles. The molecule has 0 spiro atoms. The molecule has 1 aromatic carbocycles. The number of hydrogen-bond acceptors (Lipinski definition) is 7. The van der Waals surface area contributed by atoms with Crippen molar-refractivity contribution in [3.63, 3.8) is 0 Å². The Labute approximate surface area is 171 Å². The predicted molar refractivity (Wildman–Crippen MR) is 102 cm³/mol. The van der Waals surface area contributed by atoms with Crippen molar-refractivity contribution < 1.29 is 27.9 Å². The number of esters is 1. The van der Waals surface area contributed by atoms with Crippen LogP contribution in [0.4, 0.5) is 0 Å². The predicted octanol–water partition coefficient (Wildman–Crippen LogP) is 2.24. The van der Waals surface area contributed by atoms with E-state index in [2.05, 4.69) is 4.98 Å². The average molecular weight is 447 g/mol. The van der Waals surface area contributed by atoms with Gasteiger partial charge in [-0.3, -0.25) is 14.6 Å². The summed E-state index contributed by atoms with van der Waals surface area (Å²) in [5.74, 6) is -2.16. The molecule has 2 aromatic rings. The number of aliphatic hydroxyl groups is 1. The number of halogens is 2. The standard InChI is InChI=1S/C17H16Cl2N2O6S/c1-10(22)27-8-15-3-2-11(7-20-15)17(24)21-28(25,26)9-16(23)12-4-13(18)6-14(19)5-12/h2-7,16,23H,8-9H2,1H3,(H,21,24). The zero-order chi connectivity index (χ0) is 20.9. The first-order valence-electron chi connectivity index (χ1n) is 7.83. The first-order chi connectivity index (χ1) is 13.1. The molecule has 0 radical (unpaired) electrons. The number of amides is 1. The number of benzene rings is 1. The quantitative estimate of drug-likeness (QED) is 0.624. The monoisotopic (exact) mass is 446 g/mol. The van der Waals surface area contributed by atoms with E-state index in [0.717, 1.165) is 6.20 Å². The van der Waals surface area contributed by atoms with Gasteiger partial charge in [-0.15, -0.1) is 0 Å². The van der Waals surface area contributed by atoms with Gasteiger partial charge in [0, 0.05) is 23.2 Å². The van der Waals surface area contributed by atoms with E-state index in [4.69, 9.17) is 27.9 Å². The Balaban J connectivity index is 2.02. The van der Waals surface area contributed by atoms with E-state index in [-0.39, 0.29) is 27.8 Å². The third-order valence-corrected chi connectivity index (χ3v) is 5.09. The second-order valence-corrected chi connectivity index (χ2v) is 8.39. The number of rotatable bonds is 7. The normalized spacial score (nSPS) is 12.3. The number of nitrogens with one attached hydrogen (secondary N) is 1. The molecular weight excluding hydrogens is 431 g/mol. The van der Waals surface area contributed by atoms with Crippen LogP contribution in [0, 0.1) is 0 Å². The van der Waals surface area contributed by atoms with Gasteiger partial charge in [0.1, 0.15) is 6.61 Å². The number of hydrogen-bond donors (Lipinski definition) is 2. The summed E-state index contributed by atoms with van der Waals surface area (Å²) in [6.45, 7) is 1.18. The Bertz CT molecular complexity index is 959. The van der Waals surface area contributed by atoms with E-state index in [1.807, 2.05) is 4.72 Å². The van der Waals surface area contributed by atoms with Gasteiger partial charge in [0.05, 0.1) is 23.1 Å². The number of aliphatic hydroxyl groups excluding tert-OH is 1. The maximum absolute atomic E-state index is 12.2. The zero-order valence-corrected chi connectivity index (χ0v) is 16.9. The fourth-order valence-corrected chi connectivity index (χ4v) is 3.77. The van der Waals surface area contributed by atoms with Crippen LogP contribution in [0.3, 0.4) is 0 Å². The molecule has 0 aliphatic heterocycles. The van der Waals surface area contributed by atoms with Crippen LogP contribution in [0.5, 0.6) is 0 Å². The Morgan fingerprint density at radius 3 is 2.39 bits per heavy atom. The summed E-state index contributed by atoms with van der Waals surface area (Å²) >= 11 is 11.7. The van der Waals surface area contributed by atoms with Crippen LogP contribution < -0.4 is 4.72 Å². The van der Waals surface area contributed by atoms with Gasteiger partial charge in [-0.1, -0.05) is 23.2 Å². The van der Waals surface area contributed by atoms with Crippen LogP contribution in [0.1, 0.15) is 34.6 Å². The molecule has 0 aliphatic carbocycles. The zero-order valence-electron chi connectivity index (χ0n) is 14.6. The summed E-state index contributed by atoms with van der Waals surface area (Å²) in [6, 6.07) is 6.95. The second-order valence-electron chi connectivity index (χ2n) is 5.75. The third kappa shape index (κ3) is 6.75. The SMILES string of the molecule is CC(=O)OCc1ccc(C(=O)NS(=O)(=O)CC(O)c2cc(Cl)cc(Cl)c2)cn1. The fraction of sp³-hybridized carbons (Fsp3) is 0.235. The topological polar surface area (TPSA) is 123 Å². The second kappa shape index (κ2) is 9.33. The highest BCUT2D eigenvalue weighted by atomic mass is 35.5. The molecule has 0 bridgehead atoms. The van der Waals surface area contributed by atoms with Crippen LogP contribution in [0.25, 0.3) is 0 Å². The van der Waals surface area contributed by atoms with Crippen molar-refractivity contribution in [2.75, 3.05) is 5.75 Å². The molecule has 2 N–H and O–H groups in total. The van der Waals surface area contributed by atoms with Gasteiger partial charge >= 0.3 is 5.97 Å². The van der Waals surface area contributed by atoms with Crippen molar-refractivity contribution in [3.05, 3.63) is 63.4 Å². The first kappa shape index (κ1) is 22.1. The lowest BCUT2D eigenvalue weighted by Crippen LogP contribution is -2.34. The van der Waals surface area contributed by atoms with Crippen molar-refractivity contribution in [1.29, 1.82) is 0 Å². The number of sulfonamides is 1. The van der Waals surface area contributed by atoms with Crippen LogP contribution in [-0.4, -0.2) is 36.1 Å². The van der Waals surface area contributed by atoms with Crippen molar-refractivity contribution in [2.24, 2.45) is 0 Å². The number of ether oxygens (including phenoxy) is 1. The molecular formula is C17H16Cl2N2O6S. The van der Waals surface area contributed by atoms with Crippen LogP contribution in [0.2, 0.25) is 10.0 Å². The van der Waals surface area contributed by atoms with Crippen molar-refractivity contribution >= 4 is 45.1 Å². The van der Waals surface area contributed by atoms with Crippen molar-refractivity contribution in [1.82, 2.24) is 9.71 Å². The number of pyridine rings is 1. The summed E-state index contributed by atoms with van der Waals surface area (Å²) in [6.07, 6.45) is -0.289. The molecule has 8 nitrogen and oxygen atoms in total. The van der Waals surface area contributed by atoms with Gasteiger partial charge in [-0.25, -0.2) is 13.1 Å². The molecule has 28 heavy (non-hydrogen) atoms. The van der Waals surface area contributed by atoms with Crippen LogP contribution in [0.15, 0.2) is 36.5 Å². The van der Waals surface area contributed by atoms with Crippen LogP contribution in [-0.2, 0) is 26.2 Å². The number of nitrogens with zero attached hydrogens (tertiary/aromatic N) is 1. The molecule has 2 rings (SSSR count). The summed E-state index contributed by atoms with van der Waals surface area (Å²) in [5, 5.41) is 10.6. The minimum absolute atomic E-state index is 0.0181. The van der Waals surface area contributed by atoms with Gasteiger partial charge in [0.25, 0.3) is 5.91 Å². The highest BCUT2D eigenvalue weighted by Crippen LogP contribution is 2.24.